The van der Waals surface area contributed by atoms with Gasteiger partial charge in [-0.2, -0.15) is 0 Å². The second kappa shape index (κ2) is 7.91. The molecule has 1 N–H and O–H groups in total. The van der Waals surface area contributed by atoms with Crippen LogP contribution in [0, 0.1) is 17.0 Å². The highest BCUT2D eigenvalue weighted by atomic mass is 16.6. The smallest absolute Gasteiger partial charge is 0.269 e. The van der Waals surface area contributed by atoms with Crippen molar-refractivity contribution in [1.29, 1.82) is 0 Å². The highest BCUT2D eigenvalue weighted by Gasteiger charge is 2.17. The van der Waals surface area contributed by atoms with Gasteiger partial charge in [-0.05, 0) is 48.4 Å². The number of hydrogen-bond acceptors (Lipinski definition) is 4. The van der Waals surface area contributed by atoms with E-state index < -0.39 is 4.92 Å². The van der Waals surface area contributed by atoms with Crippen molar-refractivity contribution < 1.29 is 4.92 Å². The number of benzene rings is 2. The van der Waals surface area contributed by atoms with Gasteiger partial charge in [0.05, 0.1) is 22.0 Å². The molecule has 0 bridgehead atoms. The molecule has 0 radical (unpaired) electrons. The van der Waals surface area contributed by atoms with Crippen LogP contribution < -0.4 is 0 Å². The average Bonchev–Trinajstić information content (AvgIpc) is 3.20. The maximum absolute atomic E-state index is 10.9. The van der Waals surface area contributed by atoms with Crippen LogP contribution in [-0.4, -0.2) is 19.9 Å². The summed E-state index contributed by atoms with van der Waals surface area (Å²) in [4.78, 5) is 23.5. The van der Waals surface area contributed by atoms with Crippen LogP contribution in [0.15, 0.2) is 66.7 Å². The van der Waals surface area contributed by atoms with E-state index in [1.54, 1.807) is 12.1 Å². The van der Waals surface area contributed by atoms with Gasteiger partial charge in [0.1, 0.15) is 5.82 Å². The fourth-order valence-electron chi connectivity index (χ4n) is 3.36. The van der Waals surface area contributed by atoms with Crippen LogP contribution in [0.4, 0.5) is 5.69 Å². The monoisotopic (exact) mass is 398 g/mol. The number of nitro groups is 1. The molecular weight excluding hydrogens is 376 g/mol. The third kappa shape index (κ3) is 3.85. The summed E-state index contributed by atoms with van der Waals surface area (Å²) in [7, 11) is 0. The van der Waals surface area contributed by atoms with Gasteiger partial charge in [-0.3, -0.25) is 15.1 Å². The Morgan fingerprint density at radius 1 is 0.900 bits per heavy atom. The summed E-state index contributed by atoms with van der Waals surface area (Å²) < 4.78 is 0. The first-order valence-corrected chi connectivity index (χ1v) is 9.81. The summed E-state index contributed by atoms with van der Waals surface area (Å²) in [5.74, 6) is 1.16. The van der Waals surface area contributed by atoms with Gasteiger partial charge in [-0.25, -0.2) is 4.98 Å². The van der Waals surface area contributed by atoms with E-state index >= 15 is 0 Å². The second-order valence-electron chi connectivity index (χ2n) is 7.55. The lowest BCUT2D eigenvalue weighted by Gasteiger charge is -2.07. The number of imidazole rings is 1. The molecule has 4 rings (SSSR count). The van der Waals surface area contributed by atoms with Gasteiger partial charge in [0, 0.05) is 29.3 Å². The summed E-state index contributed by atoms with van der Waals surface area (Å²) in [6.07, 6.45) is 0. The van der Waals surface area contributed by atoms with Crippen molar-refractivity contribution in [3.63, 3.8) is 0 Å². The van der Waals surface area contributed by atoms with E-state index in [9.17, 15) is 10.1 Å². The highest BCUT2D eigenvalue weighted by Crippen LogP contribution is 2.33. The van der Waals surface area contributed by atoms with Crippen LogP contribution in [0.1, 0.15) is 31.3 Å². The Bertz CT molecular complexity index is 1210. The molecule has 0 unspecified atom stereocenters. The Morgan fingerprint density at radius 2 is 1.60 bits per heavy atom. The number of nitrogens with one attached hydrogen (secondary N) is 1. The molecule has 0 amide bonds. The minimum absolute atomic E-state index is 0.0802. The molecule has 4 aromatic rings. The number of nitro benzene ring substituents is 1. The summed E-state index contributed by atoms with van der Waals surface area (Å²) in [5.41, 5.74) is 6.47. The lowest BCUT2D eigenvalue weighted by molar-refractivity contribution is -0.384. The average molecular weight is 398 g/mol. The van der Waals surface area contributed by atoms with Gasteiger partial charge in [-0.1, -0.05) is 38.1 Å². The molecule has 30 heavy (non-hydrogen) atoms. The molecule has 2 heterocycles. The van der Waals surface area contributed by atoms with Gasteiger partial charge in [-0.15, -0.1) is 0 Å². The molecule has 0 aliphatic rings. The Balaban J connectivity index is 1.81. The van der Waals surface area contributed by atoms with Crippen LogP contribution in [-0.2, 0) is 0 Å². The topological polar surface area (TPSA) is 84.7 Å². The van der Waals surface area contributed by atoms with Crippen molar-refractivity contribution in [1.82, 2.24) is 15.0 Å². The lowest BCUT2D eigenvalue weighted by Crippen LogP contribution is -1.90. The molecule has 0 saturated heterocycles. The highest BCUT2D eigenvalue weighted by molar-refractivity contribution is 5.80. The first-order valence-electron chi connectivity index (χ1n) is 9.81. The molecule has 6 heteroatoms. The maximum Gasteiger partial charge on any atom is 0.269 e. The van der Waals surface area contributed by atoms with Crippen molar-refractivity contribution in [3.05, 3.63) is 88.4 Å². The van der Waals surface area contributed by atoms with Crippen LogP contribution in [0.3, 0.4) is 0 Å². The molecule has 2 aromatic carbocycles. The normalized spacial score (nSPS) is 11.1. The zero-order valence-corrected chi connectivity index (χ0v) is 17.1. The Kier molecular flexibility index (Phi) is 5.14. The minimum atomic E-state index is -0.390. The van der Waals surface area contributed by atoms with E-state index in [1.807, 2.05) is 43.3 Å². The van der Waals surface area contributed by atoms with Crippen molar-refractivity contribution >= 4 is 5.69 Å². The predicted molar refractivity (Wildman–Crippen MR) is 118 cm³/mol. The van der Waals surface area contributed by atoms with Crippen molar-refractivity contribution in [3.8, 4) is 33.8 Å². The maximum atomic E-state index is 10.9. The molecule has 0 aliphatic carbocycles. The predicted octanol–water partition coefficient (Wildman–Crippen LogP) is 6.15. The number of H-pyrrole nitrogens is 1. The van der Waals surface area contributed by atoms with E-state index in [1.165, 1.54) is 12.1 Å². The van der Waals surface area contributed by atoms with Gasteiger partial charge in [0.25, 0.3) is 5.69 Å². The molecule has 0 aliphatic heterocycles. The van der Waals surface area contributed by atoms with E-state index in [4.69, 9.17) is 4.98 Å². The lowest BCUT2D eigenvalue weighted by atomic mass is 10.0. The molecular formula is C24H22N4O2. The Morgan fingerprint density at radius 3 is 2.27 bits per heavy atom. The fraction of sp³-hybridized carbons (Fsp3) is 0.167. The van der Waals surface area contributed by atoms with Crippen LogP contribution >= 0.6 is 0 Å². The molecule has 0 spiro atoms. The number of nitrogens with zero attached hydrogens (tertiary/aromatic N) is 3. The second-order valence-corrected chi connectivity index (χ2v) is 7.55. The molecule has 150 valence electrons. The van der Waals surface area contributed by atoms with E-state index in [0.29, 0.717) is 0 Å². The third-order valence-electron chi connectivity index (χ3n) is 4.96. The zero-order chi connectivity index (χ0) is 21.3. The summed E-state index contributed by atoms with van der Waals surface area (Å²) in [5, 5.41) is 10.9. The fourth-order valence-corrected chi connectivity index (χ4v) is 3.36. The standard InChI is InChI=1S/C24H22N4O2/c1-15(2)24-26-22(23(27-24)21-9-4-6-16(3)25-21)19-8-5-7-18(14-19)17-10-12-20(13-11-17)28(29)30/h4-15H,1-3H3,(H,26,27). The van der Waals surface area contributed by atoms with Crippen LogP contribution in [0.5, 0.6) is 0 Å². The van der Waals surface area contributed by atoms with E-state index in [-0.39, 0.29) is 11.6 Å². The molecule has 0 fully saturated rings. The van der Waals surface area contributed by atoms with Gasteiger partial charge < -0.3 is 4.98 Å². The van der Waals surface area contributed by atoms with E-state index in [0.717, 1.165) is 45.3 Å². The first-order chi connectivity index (χ1) is 14.4. The Labute approximate surface area is 174 Å². The van der Waals surface area contributed by atoms with Crippen molar-refractivity contribution in [2.75, 3.05) is 0 Å². The SMILES string of the molecule is Cc1cccc(-c2[nH]c(C(C)C)nc2-c2cccc(-c3ccc([N+](=O)[O-])cc3)c2)n1. The molecule has 0 atom stereocenters. The van der Waals surface area contributed by atoms with E-state index in [2.05, 4.69) is 29.9 Å². The largest absolute Gasteiger partial charge is 0.340 e. The van der Waals surface area contributed by atoms with Gasteiger partial charge in [0.15, 0.2) is 0 Å². The number of aromatic nitrogens is 3. The molecule has 2 aromatic heterocycles. The number of rotatable bonds is 5. The molecule has 6 nitrogen and oxygen atoms in total. The number of aryl methyl sites for hydroxylation is 1. The van der Waals surface area contributed by atoms with Crippen molar-refractivity contribution in [2.24, 2.45) is 0 Å². The number of aromatic amines is 1. The summed E-state index contributed by atoms with van der Waals surface area (Å²) in [6.45, 7) is 6.17. The minimum Gasteiger partial charge on any atom is -0.340 e. The number of non-ortho nitro benzene ring substituents is 1. The summed E-state index contributed by atoms with van der Waals surface area (Å²) in [6, 6.07) is 20.6. The van der Waals surface area contributed by atoms with Crippen LogP contribution in [0.2, 0.25) is 0 Å². The van der Waals surface area contributed by atoms with Crippen molar-refractivity contribution in [2.45, 2.75) is 26.7 Å². The quantitative estimate of drug-likeness (QED) is 0.323. The summed E-state index contributed by atoms with van der Waals surface area (Å²) >= 11 is 0. The molecule has 0 saturated carbocycles. The van der Waals surface area contributed by atoms with Crippen LogP contribution in [0.25, 0.3) is 33.8 Å². The first kappa shape index (κ1) is 19.5. The number of hydrogen-bond donors (Lipinski definition) is 1. The number of pyridine rings is 1. The van der Waals surface area contributed by atoms with Gasteiger partial charge >= 0.3 is 0 Å². The zero-order valence-electron chi connectivity index (χ0n) is 17.1. The Hall–Kier alpha value is -3.80. The van der Waals surface area contributed by atoms with Gasteiger partial charge in [0.2, 0.25) is 0 Å². The third-order valence-corrected chi connectivity index (χ3v) is 4.96.